The SMILES string of the molecule is Cc1cc(C(=O)O)sc1-c1ccc(CC(C)C)cc1. The van der Waals surface area contributed by atoms with Gasteiger partial charge in [-0.15, -0.1) is 11.3 Å². The maximum absolute atomic E-state index is 11.0. The molecule has 0 radical (unpaired) electrons. The molecule has 0 atom stereocenters. The quantitative estimate of drug-likeness (QED) is 0.883. The highest BCUT2D eigenvalue weighted by Gasteiger charge is 2.12. The maximum Gasteiger partial charge on any atom is 0.345 e. The fourth-order valence-electron chi connectivity index (χ4n) is 2.14. The molecule has 0 aliphatic carbocycles. The van der Waals surface area contributed by atoms with E-state index < -0.39 is 5.97 Å². The Kier molecular flexibility index (Phi) is 4.05. The highest BCUT2D eigenvalue weighted by molar-refractivity contribution is 7.17. The van der Waals surface area contributed by atoms with Gasteiger partial charge >= 0.3 is 5.97 Å². The molecule has 1 heterocycles. The number of benzene rings is 1. The average molecular weight is 274 g/mol. The number of rotatable bonds is 4. The Morgan fingerprint density at radius 2 is 1.89 bits per heavy atom. The predicted molar refractivity (Wildman–Crippen MR) is 80.0 cm³/mol. The molecule has 0 unspecified atom stereocenters. The molecule has 0 amide bonds. The van der Waals surface area contributed by atoms with Crippen LogP contribution in [0.5, 0.6) is 0 Å². The van der Waals surface area contributed by atoms with E-state index in [0.29, 0.717) is 10.8 Å². The Hall–Kier alpha value is -1.61. The molecule has 1 aromatic carbocycles. The van der Waals surface area contributed by atoms with Crippen LogP contribution >= 0.6 is 11.3 Å². The molecule has 1 N–H and O–H groups in total. The van der Waals surface area contributed by atoms with Crippen LogP contribution in [0.25, 0.3) is 10.4 Å². The van der Waals surface area contributed by atoms with Crippen molar-refractivity contribution < 1.29 is 9.90 Å². The van der Waals surface area contributed by atoms with Crippen molar-refractivity contribution >= 4 is 17.3 Å². The Morgan fingerprint density at radius 3 is 2.37 bits per heavy atom. The first kappa shape index (κ1) is 13.8. The van der Waals surface area contributed by atoms with Gasteiger partial charge in [0.15, 0.2) is 0 Å². The van der Waals surface area contributed by atoms with Gasteiger partial charge in [-0.05, 0) is 42.0 Å². The molecule has 2 aromatic rings. The molecular weight excluding hydrogens is 256 g/mol. The molecule has 2 rings (SSSR count). The molecule has 0 aliphatic rings. The molecule has 3 heteroatoms. The van der Waals surface area contributed by atoms with Crippen molar-refractivity contribution in [1.82, 2.24) is 0 Å². The molecule has 100 valence electrons. The molecule has 19 heavy (non-hydrogen) atoms. The largest absolute Gasteiger partial charge is 0.477 e. The molecule has 1 aromatic heterocycles. The van der Waals surface area contributed by atoms with Gasteiger partial charge in [0.1, 0.15) is 4.88 Å². The fourth-order valence-corrected chi connectivity index (χ4v) is 3.15. The zero-order chi connectivity index (χ0) is 14.0. The molecule has 0 bridgehead atoms. The monoisotopic (exact) mass is 274 g/mol. The highest BCUT2D eigenvalue weighted by Crippen LogP contribution is 2.32. The first-order chi connectivity index (χ1) is 8.97. The van der Waals surface area contributed by atoms with Gasteiger partial charge in [0.2, 0.25) is 0 Å². The molecule has 0 saturated carbocycles. The molecule has 0 spiro atoms. The molecule has 2 nitrogen and oxygen atoms in total. The van der Waals surface area contributed by atoms with E-state index in [4.69, 9.17) is 5.11 Å². The summed E-state index contributed by atoms with van der Waals surface area (Å²) >= 11 is 1.34. The summed E-state index contributed by atoms with van der Waals surface area (Å²) in [6, 6.07) is 10.2. The van der Waals surface area contributed by atoms with Gasteiger partial charge in [-0.1, -0.05) is 38.1 Å². The van der Waals surface area contributed by atoms with Gasteiger partial charge in [0.05, 0.1) is 0 Å². The smallest absolute Gasteiger partial charge is 0.345 e. The van der Waals surface area contributed by atoms with Gasteiger partial charge in [-0.3, -0.25) is 0 Å². The van der Waals surface area contributed by atoms with Crippen LogP contribution in [0.2, 0.25) is 0 Å². The van der Waals surface area contributed by atoms with Crippen LogP contribution in [0.1, 0.15) is 34.6 Å². The van der Waals surface area contributed by atoms with Crippen LogP contribution in [0.15, 0.2) is 30.3 Å². The van der Waals surface area contributed by atoms with Crippen molar-refractivity contribution in [3.8, 4) is 10.4 Å². The van der Waals surface area contributed by atoms with Crippen LogP contribution in [-0.2, 0) is 6.42 Å². The number of carboxylic acid groups (broad SMARTS) is 1. The van der Waals surface area contributed by atoms with Crippen LogP contribution in [-0.4, -0.2) is 11.1 Å². The summed E-state index contributed by atoms with van der Waals surface area (Å²) in [6.07, 6.45) is 1.07. The molecule has 0 saturated heterocycles. The summed E-state index contributed by atoms with van der Waals surface area (Å²) in [4.78, 5) is 12.4. The van der Waals surface area contributed by atoms with Gasteiger partial charge in [0, 0.05) is 4.88 Å². The van der Waals surface area contributed by atoms with Crippen LogP contribution < -0.4 is 0 Å². The maximum atomic E-state index is 11.0. The summed E-state index contributed by atoms with van der Waals surface area (Å²) in [5.74, 6) is -0.205. The fraction of sp³-hybridized carbons (Fsp3) is 0.312. The lowest BCUT2D eigenvalue weighted by atomic mass is 10.0. The lowest BCUT2D eigenvalue weighted by Gasteiger charge is -2.06. The van der Waals surface area contributed by atoms with Crippen LogP contribution in [0.4, 0.5) is 0 Å². The minimum atomic E-state index is -0.851. The van der Waals surface area contributed by atoms with Crippen molar-refractivity contribution in [3.05, 3.63) is 46.3 Å². The third-order valence-corrected chi connectivity index (χ3v) is 4.26. The van der Waals surface area contributed by atoms with Crippen LogP contribution in [0, 0.1) is 12.8 Å². The first-order valence-electron chi connectivity index (χ1n) is 6.40. The number of aryl methyl sites for hydroxylation is 1. The minimum absolute atomic E-state index is 0.402. The highest BCUT2D eigenvalue weighted by atomic mass is 32.1. The van der Waals surface area contributed by atoms with Crippen LogP contribution in [0.3, 0.4) is 0 Å². The Morgan fingerprint density at radius 1 is 1.26 bits per heavy atom. The minimum Gasteiger partial charge on any atom is -0.477 e. The summed E-state index contributed by atoms with van der Waals surface area (Å²) in [7, 11) is 0. The van der Waals surface area contributed by atoms with Crippen molar-refractivity contribution in [1.29, 1.82) is 0 Å². The number of carbonyl (C=O) groups is 1. The normalized spacial score (nSPS) is 10.9. The molecule has 0 aliphatic heterocycles. The van der Waals surface area contributed by atoms with Crippen molar-refractivity contribution in [2.24, 2.45) is 5.92 Å². The zero-order valence-corrected chi connectivity index (χ0v) is 12.3. The average Bonchev–Trinajstić information content (AvgIpc) is 2.72. The first-order valence-corrected chi connectivity index (χ1v) is 7.22. The van der Waals surface area contributed by atoms with E-state index in [2.05, 4.69) is 38.1 Å². The van der Waals surface area contributed by atoms with E-state index in [0.717, 1.165) is 22.4 Å². The van der Waals surface area contributed by atoms with Crippen molar-refractivity contribution in [2.45, 2.75) is 27.2 Å². The van der Waals surface area contributed by atoms with Crippen molar-refractivity contribution in [2.75, 3.05) is 0 Å². The molecule has 0 fully saturated rings. The zero-order valence-electron chi connectivity index (χ0n) is 11.4. The second-order valence-corrected chi connectivity index (χ2v) is 6.28. The van der Waals surface area contributed by atoms with E-state index in [1.165, 1.54) is 16.9 Å². The Bertz CT molecular complexity index is 579. The number of carboxylic acids is 1. The standard InChI is InChI=1S/C16H18O2S/c1-10(2)8-12-4-6-13(7-5-12)15-11(3)9-14(19-15)16(17)18/h4-7,9-10H,8H2,1-3H3,(H,17,18). The number of aromatic carboxylic acids is 1. The third kappa shape index (κ3) is 3.24. The lowest BCUT2D eigenvalue weighted by molar-refractivity contribution is 0.0702. The van der Waals surface area contributed by atoms with Crippen molar-refractivity contribution in [3.63, 3.8) is 0 Å². The summed E-state index contributed by atoms with van der Waals surface area (Å²) < 4.78 is 0. The van der Waals surface area contributed by atoms with E-state index in [-0.39, 0.29) is 0 Å². The number of hydrogen-bond donors (Lipinski definition) is 1. The summed E-state index contributed by atoms with van der Waals surface area (Å²) in [6.45, 7) is 6.37. The van der Waals surface area contributed by atoms with Gasteiger partial charge < -0.3 is 5.11 Å². The Labute approximate surface area is 117 Å². The topological polar surface area (TPSA) is 37.3 Å². The molecular formula is C16H18O2S. The second-order valence-electron chi connectivity index (χ2n) is 5.22. The second kappa shape index (κ2) is 5.57. The number of thiophene rings is 1. The predicted octanol–water partition coefficient (Wildman–Crippen LogP) is 4.62. The van der Waals surface area contributed by atoms with Gasteiger partial charge in [0.25, 0.3) is 0 Å². The van der Waals surface area contributed by atoms with Gasteiger partial charge in [-0.2, -0.15) is 0 Å². The summed E-state index contributed by atoms with van der Waals surface area (Å²) in [5.41, 5.74) is 3.45. The van der Waals surface area contributed by atoms with E-state index in [1.54, 1.807) is 6.07 Å². The van der Waals surface area contributed by atoms with E-state index >= 15 is 0 Å². The number of hydrogen-bond acceptors (Lipinski definition) is 2. The Balaban J connectivity index is 2.29. The van der Waals surface area contributed by atoms with E-state index in [1.807, 2.05) is 6.92 Å². The summed E-state index contributed by atoms with van der Waals surface area (Å²) in [5, 5.41) is 9.02. The lowest BCUT2D eigenvalue weighted by Crippen LogP contribution is -1.93. The van der Waals surface area contributed by atoms with E-state index in [9.17, 15) is 4.79 Å². The third-order valence-electron chi connectivity index (χ3n) is 2.99. The van der Waals surface area contributed by atoms with Gasteiger partial charge in [-0.25, -0.2) is 4.79 Å².